The summed E-state index contributed by atoms with van der Waals surface area (Å²) in [7, 11) is 0. The maximum atomic E-state index is 13.4. The summed E-state index contributed by atoms with van der Waals surface area (Å²) in [5.41, 5.74) is 1.47. The molecule has 1 aromatic heterocycles. The molecule has 2 fully saturated rings. The van der Waals surface area contributed by atoms with Crippen LogP contribution in [0.4, 0.5) is 0 Å². The zero-order chi connectivity index (χ0) is 22.1. The predicted molar refractivity (Wildman–Crippen MR) is 119 cm³/mol. The first-order valence-corrected chi connectivity index (χ1v) is 11.0. The predicted octanol–water partition coefficient (Wildman–Crippen LogP) is 3.21. The van der Waals surface area contributed by atoms with E-state index in [-0.39, 0.29) is 24.4 Å². The average Bonchev–Trinajstić information content (AvgIpc) is 3.57. The van der Waals surface area contributed by atoms with E-state index in [1.54, 1.807) is 11.1 Å². The Bertz CT molecular complexity index is 950. The quantitative estimate of drug-likeness (QED) is 0.805. The summed E-state index contributed by atoms with van der Waals surface area (Å²) >= 11 is 0. The Hall–Kier alpha value is -2.73. The van der Waals surface area contributed by atoms with Crippen molar-refractivity contribution in [2.75, 3.05) is 19.7 Å². The molecule has 1 unspecified atom stereocenters. The molecule has 0 bridgehead atoms. The monoisotopic (exact) mass is 421 g/mol. The lowest BCUT2D eigenvalue weighted by atomic mass is 9.88. The average molecular weight is 422 g/mol. The highest BCUT2D eigenvalue weighted by Gasteiger charge is 2.47. The standard InChI is InChI=1S/C25H31N3O3/c1-24(2,3)23(30)28-12-13-31-25(17-28,22(29)27-21-9-10-21)15-18-6-4-7-19(14-18)20-8-5-11-26-16-20/h4-8,11,14,16,21H,9-10,12-13,15,17H2,1-3H3,(H,27,29). The van der Waals surface area contributed by atoms with Gasteiger partial charge in [0.15, 0.2) is 5.60 Å². The number of pyridine rings is 1. The molecule has 1 N–H and O–H groups in total. The van der Waals surface area contributed by atoms with Crippen LogP contribution in [0.1, 0.15) is 39.2 Å². The van der Waals surface area contributed by atoms with Crippen molar-refractivity contribution in [3.8, 4) is 11.1 Å². The summed E-state index contributed by atoms with van der Waals surface area (Å²) in [4.78, 5) is 32.4. The van der Waals surface area contributed by atoms with Gasteiger partial charge in [0.05, 0.1) is 13.2 Å². The van der Waals surface area contributed by atoms with Crippen molar-refractivity contribution in [1.82, 2.24) is 15.2 Å². The summed E-state index contributed by atoms with van der Waals surface area (Å²) in [6.45, 7) is 6.85. The molecule has 2 heterocycles. The summed E-state index contributed by atoms with van der Waals surface area (Å²) in [6.07, 6.45) is 6.00. The molecule has 2 aromatic rings. The largest absolute Gasteiger partial charge is 0.361 e. The minimum atomic E-state index is -1.09. The van der Waals surface area contributed by atoms with Crippen LogP contribution in [-0.2, 0) is 20.7 Å². The molecule has 1 saturated heterocycles. The van der Waals surface area contributed by atoms with Crippen LogP contribution in [0, 0.1) is 5.41 Å². The maximum absolute atomic E-state index is 13.4. The molecule has 0 radical (unpaired) electrons. The fraction of sp³-hybridized carbons (Fsp3) is 0.480. The van der Waals surface area contributed by atoms with Crippen molar-refractivity contribution >= 4 is 11.8 Å². The highest BCUT2D eigenvalue weighted by molar-refractivity contribution is 5.88. The number of hydrogen-bond acceptors (Lipinski definition) is 4. The van der Waals surface area contributed by atoms with Crippen molar-refractivity contribution in [3.05, 3.63) is 54.4 Å². The summed E-state index contributed by atoms with van der Waals surface area (Å²) < 4.78 is 6.18. The number of nitrogens with zero attached hydrogens (tertiary/aromatic N) is 2. The topological polar surface area (TPSA) is 71.5 Å². The van der Waals surface area contributed by atoms with E-state index < -0.39 is 11.0 Å². The molecule has 4 rings (SSSR count). The van der Waals surface area contributed by atoms with Gasteiger partial charge in [-0.25, -0.2) is 0 Å². The lowest BCUT2D eigenvalue weighted by molar-refractivity contribution is -0.169. The summed E-state index contributed by atoms with van der Waals surface area (Å²) in [5.74, 6) is -0.0725. The lowest BCUT2D eigenvalue weighted by Crippen LogP contribution is -2.63. The van der Waals surface area contributed by atoms with Gasteiger partial charge in [-0.15, -0.1) is 0 Å². The number of hydrogen-bond donors (Lipinski definition) is 1. The molecule has 1 atom stereocenters. The van der Waals surface area contributed by atoms with Crippen molar-refractivity contribution in [3.63, 3.8) is 0 Å². The number of ether oxygens (including phenoxy) is 1. The Morgan fingerprint density at radius 3 is 2.65 bits per heavy atom. The van der Waals surface area contributed by atoms with E-state index in [1.807, 2.05) is 57.3 Å². The van der Waals surface area contributed by atoms with Crippen LogP contribution in [0.25, 0.3) is 11.1 Å². The van der Waals surface area contributed by atoms with Crippen molar-refractivity contribution < 1.29 is 14.3 Å². The van der Waals surface area contributed by atoms with Gasteiger partial charge < -0.3 is 15.0 Å². The van der Waals surface area contributed by atoms with Crippen LogP contribution in [0.3, 0.4) is 0 Å². The molecule has 164 valence electrons. The second kappa shape index (κ2) is 8.42. The molecule has 1 aliphatic heterocycles. The second-order valence-electron chi connectivity index (χ2n) is 9.69. The highest BCUT2D eigenvalue weighted by Crippen LogP contribution is 2.30. The fourth-order valence-electron chi connectivity index (χ4n) is 4.03. The third-order valence-corrected chi connectivity index (χ3v) is 5.85. The van der Waals surface area contributed by atoms with Gasteiger partial charge in [-0.2, -0.15) is 0 Å². The molecule has 0 spiro atoms. The van der Waals surface area contributed by atoms with Crippen molar-refractivity contribution in [1.29, 1.82) is 0 Å². The van der Waals surface area contributed by atoms with E-state index in [0.29, 0.717) is 19.6 Å². The molecule has 31 heavy (non-hydrogen) atoms. The smallest absolute Gasteiger partial charge is 0.254 e. The second-order valence-corrected chi connectivity index (χ2v) is 9.69. The Balaban J connectivity index is 1.63. The van der Waals surface area contributed by atoms with Gasteiger partial charge in [-0.05, 0) is 35.6 Å². The van der Waals surface area contributed by atoms with Crippen molar-refractivity contribution in [2.45, 2.75) is 51.7 Å². The molecule has 1 aromatic carbocycles. The van der Waals surface area contributed by atoms with E-state index in [9.17, 15) is 9.59 Å². The van der Waals surface area contributed by atoms with Crippen LogP contribution >= 0.6 is 0 Å². The number of amides is 2. The SMILES string of the molecule is CC(C)(C)C(=O)N1CCOC(Cc2cccc(-c3cccnc3)c2)(C(=O)NC2CC2)C1. The molecule has 6 nitrogen and oxygen atoms in total. The third-order valence-electron chi connectivity index (χ3n) is 5.85. The number of aromatic nitrogens is 1. The Morgan fingerprint density at radius 1 is 1.19 bits per heavy atom. The van der Waals surface area contributed by atoms with Crippen LogP contribution in [0.15, 0.2) is 48.8 Å². The van der Waals surface area contributed by atoms with Crippen LogP contribution in [0.2, 0.25) is 0 Å². The summed E-state index contributed by atoms with van der Waals surface area (Å²) in [6, 6.07) is 12.3. The number of carbonyl (C=O) groups is 2. The Kier molecular flexibility index (Phi) is 5.84. The minimum Gasteiger partial charge on any atom is -0.361 e. The zero-order valence-corrected chi connectivity index (χ0v) is 18.6. The number of carbonyl (C=O) groups excluding carboxylic acids is 2. The van der Waals surface area contributed by atoms with E-state index in [0.717, 1.165) is 29.5 Å². The van der Waals surface area contributed by atoms with Crippen LogP contribution in [0.5, 0.6) is 0 Å². The minimum absolute atomic E-state index is 0.0449. The Morgan fingerprint density at radius 2 is 1.97 bits per heavy atom. The fourth-order valence-corrected chi connectivity index (χ4v) is 4.03. The van der Waals surface area contributed by atoms with Crippen LogP contribution in [-0.4, -0.2) is 53.0 Å². The normalized spacial score (nSPS) is 21.6. The molecule has 2 aliphatic rings. The highest BCUT2D eigenvalue weighted by atomic mass is 16.5. The molecule has 2 amide bonds. The van der Waals surface area contributed by atoms with Gasteiger partial charge in [0.25, 0.3) is 5.91 Å². The molecular weight excluding hydrogens is 390 g/mol. The van der Waals surface area contributed by atoms with Gasteiger partial charge in [0.2, 0.25) is 5.91 Å². The number of nitrogens with one attached hydrogen (secondary N) is 1. The molecule has 1 aliphatic carbocycles. The molecule has 1 saturated carbocycles. The molecule has 6 heteroatoms. The van der Waals surface area contributed by atoms with E-state index >= 15 is 0 Å². The maximum Gasteiger partial charge on any atom is 0.254 e. The first kappa shape index (κ1) is 21.5. The zero-order valence-electron chi connectivity index (χ0n) is 18.6. The Labute approximate surface area is 184 Å². The van der Waals surface area contributed by atoms with E-state index in [1.165, 1.54) is 0 Å². The van der Waals surface area contributed by atoms with E-state index in [2.05, 4.69) is 16.4 Å². The number of benzene rings is 1. The third kappa shape index (κ3) is 4.96. The first-order chi connectivity index (χ1) is 14.8. The number of morpholine rings is 1. The first-order valence-electron chi connectivity index (χ1n) is 11.0. The summed E-state index contributed by atoms with van der Waals surface area (Å²) in [5, 5.41) is 3.12. The number of rotatable bonds is 5. The van der Waals surface area contributed by atoms with Gasteiger partial charge in [-0.3, -0.25) is 14.6 Å². The van der Waals surface area contributed by atoms with E-state index in [4.69, 9.17) is 4.74 Å². The van der Waals surface area contributed by atoms with Gasteiger partial charge in [-0.1, -0.05) is 51.1 Å². The van der Waals surface area contributed by atoms with Crippen LogP contribution < -0.4 is 5.32 Å². The van der Waals surface area contributed by atoms with Gasteiger partial charge >= 0.3 is 0 Å². The van der Waals surface area contributed by atoms with Gasteiger partial charge in [0.1, 0.15) is 0 Å². The van der Waals surface area contributed by atoms with Gasteiger partial charge in [0, 0.05) is 36.8 Å². The van der Waals surface area contributed by atoms with Crippen molar-refractivity contribution in [2.24, 2.45) is 5.41 Å². The molecular formula is C25H31N3O3. The lowest BCUT2D eigenvalue weighted by Gasteiger charge is -2.43.